The summed E-state index contributed by atoms with van der Waals surface area (Å²) in [6, 6.07) is 16.1. The zero-order valence-electron chi connectivity index (χ0n) is 14.1. The third kappa shape index (κ3) is 5.10. The Balaban J connectivity index is 1.68. The molecule has 0 spiro atoms. The first kappa shape index (κ1) is 17.5. The molecule has 1 unspecified atom stereocenters. The molecule has 5 heteroatoms. The van der Waals surface area contributed by atoms with Gasteiger partial charge in [-0.3, -0.25) is 0 Å². The molecule has 0 saturated heterocycles. The van der Waals surface area contributed by atoms with Gasteiger partial charge in [-0.15, -0.1) is 0 Å². The van der Waals surface area contributed by atoms with Crippen molar-refractivity contribution in [3.63, 3.8) is 0 Å². The van der Waals surface area contributed by atoms with Crippen molar-refractivity contribution in [2.24, 2.45) is 0 Å². The van der Waals surface area contributed by atoms with Gasteiger partial charge in [0.1, 0.15) is 17.6 Å². The lowest BCUT2D eigenvalue weighted by molar-refractivity contribution is 0.169. The molecular weight excluding hydrogens is 380 g/mol. The van der Waals surface area contributed by atoms with E-state index in [-0.39, 0.29) is 6.10 Å². The molecule has 0 aliphatic heterocycles. The van der Waals surface area contributed by atoms with Crippen LogP contribution in [-0.2, 0) is 13.0 Å². The van der Waals surface area contributed by atoms with Gasteiger partial charge < -0.3 is 14.0 Å². The van der Waals surface area contributed by atoms with Crippen molar-refractivity contribution in [3.8, 4) is 11.5 Å². The van der Waals surface area contributed by atoms with Crippen molar-refractivity contribution in [1.82, 2.24) is 9.55 Å². The predicted octanol–water partition coefficient (Wildman–Crippen LogP) is 4.73. The number of imidazole rings is 1. The molecule has 2 aromatic carbocycles. The molecule has 0 aliphatic rings. The Hall–Kier alpha value is -2.27. The maximum atomic E-state index is 6.27. The Labute approximate surface area is 156 Å². The van der Waals surface area contributed by atoms with Gasteiger partial charge in [0.05, 0.1) is 24.5 Å². The summed E-state index contributed by atoms with van der Waals surface area (Å²) in [5.74, 6) is 1.74. The van der Waals surface area contributed by atoms with Crippen molar-refractivity contribution < 1.29 is 9.47 Å². The van der Waals surface area contributed by atoms with Crippen LogP contribution in [0.3, 0.4) is 0 Å². The van der Waals surface area contributed by atoms with Crippen LogP contribution in [0.4, 0.5) is 0 Å². The van der Waals surface area contributed by atoms with E-state index < -0.39 is 0 Å². The maximum Gasteiger partial charge on any atom is 0.133 e. The minimum absolute atomic E-state index is 0.0509. The van der Waals surface area contributed by atoms with E-state index in [0.29, 0.717) is 0 Å². The van der Waals surface area contributed by atoms with E-state index in [2.05, 4.69) is 37.6 Å². The maximum absolute atomic E-state index is 6.27. The zero-order chi connectivity index (χ0) is 17.5. The Bertz CT molecular complexity index is 773. The predicted molar refractivity (Wildman–Crippen MR) is 102 cm³/mol. The summed E-state index contributed by atoms with van der Waals surface area (Å²) in [6.07, 6.45) is 7.47. The fourth-order valence-electron chi connectivity index (χ4n) is 2.66. The quantitative estimate of drug-likeness (QED) is 0.547. The van der Waals surface area contributed by atoms with Crippen LogP contribution in [0.25, 0.3) is 0 Å². The Morgan fingerprint density at radius 2 is 1.92 bits per heavy atom. The summed E-state index contributed by atoms with van der Waals surface area (Å²) in [5.41, 5.74) is 1.27. The SMILES string of the molecule is COc1ccc(CCC(Cn2ccnc2)Oc2ccccc2Br)cc1. The van der Waals surface area contributed by atoms with Crippen LogP contribution < -0.4 is 9.47 Å². The van der Waals surface area contributed by atoms with Crippen molar-refractivity contribution in [3.05, 3.63) is 77.3 Å². The fourth-order valence-corrected chi connectivity index (χ4v) is 3.04. The van der Waals surface area contributed by atoms with Gasteiger partial charge in [0.15, 0.2) is 0 Å². The molecule has 3 aromatic rings. The number of hydrogen-bond acceptors (Lipinski definition) is 3. The van der Waals surface area contributed by atoms with Gasteiger partial charge in [-0.2, -0.15) is 0 Å². The topological polar surface area (TPSA) is 36.3 Å². The molecule has 0 saturated carbocycles. The van der Waals surface area contributed by atoms with Gasteiger partial charge in [-0.05, 0) is 58.6 Å². The van der Waals surface area contributed by atoms with Gasteiger partial charge in [-0.25, -0.2) is 4.98 Å². The van der Waals surface area contributed by atoms with Gasteiger partial charge in [0.25, 0.3) is 0 Å². The average Bonchev–Trinajstić information content (AvgIpc) is 3.15. The van der Waals surface area contributed by atoms with Crippen molar-refractivity contribution >= 4 is 15.9 Å². The van der Waals surface area contributed by atoms with Crippen molar-refractivity contribution in [2.75, 3.05) is 7.11 Å². The summed E-state index contributed by atoms with van der Waals surface area (Å²) in [5, 5.41) is 0. The van der Waals surface area contributed by atoms with Crippen LogP contribution >= 0.6 is 15.9 Å². The summed E-state index contributed by atoms with van der Waals surface area (Å²) >= 11 is 3.56. The summed E-state index contributed by atoms with van der Waals surface area (Å²) in [6.45, 7) is 0.761. The summed E-state index contributed by atoms with van der Waals surface area (Å²) < 4.78 is 14.5. The first-order valence-corrected chi connectivity index (χ1v) is 9.04. The van der Waals surface area contributed by atoms with E-state index in [0.717, 1.165) is 35.4 Å². The highest BCUT2D eigenvalue weighted by atomic mass is 79.9. The number of hydrogen-bond donors (Lipinski definition) is 0. The molecular formula is C20H21BrN2O2. The number of para-hydroxylation sites is 1. The van der Waals surface area contributed by atoms with E-state index in [1.54, 1.807) is 13.3 Å². The highest BCUT2D eigenvalue weighted by Crippen LogP contribution is 2.26. The highest BCUT2D eigenvalue weighted by molar-refractivity contribution is 9.10. The lowest BCUT2D eigenvalue weighted by Crippen LogP contribution is -2.23. The highest BCUT2D eigenvalue weighted by Gasteiger charge is 2.13. The number of aromatic nitrogens is 2. The molecule has 0 fully saturated rings. The molecule has 0 bridgehead atoms. The van der Waals surface area contributed by atoms with E-state index in [1.165, 1.54) is 5.56 Å². The van der Waals surface area contributed by atoms with Crippen LogP contribution in [0.2, 0.25) is 0 Å². The monoisotopic (exact) mass is 400 g/mol. The Kier molecular flexibility index (Phi) is 6.12. The van der Waals surface area contributed by atoms with Crippen LogP contribution in [0.15, 0.2) is 71.7 Å². The molecule has 4 nitrogen and oxygen atoms in total. The number of halogens is 1. The molecule has 0 radical (unpaired) electrons. The number of ether oxygens (including phenoxy) is 2. The summed E-state index contributed by atoms with van der Waals surface area (Å²) in [4.78, 5) is 4.12. The van der Waals surface area contributed by atoms with Crippen LogP contribution in [0, 0.1) is 0 Å². The lowest BCUT2D eigenvalue weighted by Gasteiger charge is -2.20. The minimum atomic E-state index is 0.0509. The van der Waals surface area contributed by atoms with Crippen LogP contribution in [0.5, 0.6) is 11.5 Å². The summed E-state index contributed by atoms with van der Waals surface area (Å²) in [7, 11) is 1.68. The van der Waals surface area contributed by atoms with Gasteiger partial charge >= 0.3 is 0 Å². The Morgan fingerprint density at radius 3 is 2.60 bits per heavy atom. The Morgan fingerprint density at radius 1 is 1.12 bits per heavy atom. The van der Waals surface area contributed by atoms with E-state index in [9.17, 15) is 0 Å². The second-order valence-corrected chi connectivity index (χ2v) is 6.67. The van der Waals surface area contributed by atoms with E-state index in [1.807, 2.05) is 48.9 Å². The molecule has 1 atom stereocenters. The smallest absolute Gasteiger partial charge is 0.133 e. The van der Waals surface area contributed by atoms with Gasteiger partial charge in [-0.1, -0.05) is 24.3 Å². The normalized spacial score (nSPS) is 11.9. The fraction of sp³-hybridized carbons (Fsp3) is 0.250. The third-order valence-electron chi connectivity index (χ3n) is 4.02. The van der Waals surface area contributed by atoms with E-state index >= 15 is 0 Å². The third-order valence-corrected chi connectivity index (χ3v) is 4.67. The van der Waals surface area contributed by atoms with Crippen LogP contribution in [0.1, 0.15) is 12.0 Å². The molecule has 1 heterocycles. The molecule has 0 amide bonds. The van der Waals surface area contributed by atoms with Crippen molar-refractivity contribution in [1.29, 1.82) is 0 Å². The second-order valence-electron chi connectivity index (χ2n) is 5.82. The number of rotatable bonds is 8. The van der Waals surface area contributed by atoms with Crippen LogP contribution in [-0.4, -0.2) is 22.8 Å². The minimum Gasteiger partial charge on any atom is -0.497 e. The molecule has 25 heavy (non-hydrogen) atoms. The first-order chi connectivity index (χ1) is 12.2. The number of nitrogens with zero attached hydrogens (tertiary/aromatic N) is 2. The van der Waals surface area contributed by atoms with E-state index in [4.69, 9.17) is 9.47 Å². The molecule has 0 N–H and O–H groups in total. The average molecular weight is 401 g/mol. The zero-order valence-corrected chi connectivity index (χ0v) is 15.7. The number of benzene rings is 2. The standard InChI is InChI=1S/C20H21BrN2O2/c1-24-17-9-6-16(7-10-17)8-11-18(14-23-13-12-22-15-23)25-20-5-3-2-4-19(20)21/h2-7,9-10,12-13,15,18H,8,11,14H2,1H3. The second kappa shape index (κ2) is 8.72. The molecule has 130 valence electrons. The number of methoxy groups -OCH3 is 1. The lowest BCUT2D eigenvalue weighted by atomic mass is 10.1. The van der Waals surface area contributed by atoms with Crippen molar-refractivity contribution in [2.45, 2.75) is 25.5 Å². The first-order valence-electron chi connectivity index (χ1n) is 8.24. The number of aryl methyl sites for hydroxylation is 1. The largest absolute Gasteiger partial charge is 0.497 e. The van der Waals surface area contributed by atoms with Gasteiger partial charge in [0, 0.05) is 12.4 Å². The molecule has 3 rings (SSSR count). The molecule has 1 aromatic heterocycles. The van der Waals surface area contributed by atoms with Gasteiger partial charge in [0.2, 0.25) is 0 Å². The molecule has 0 aliphatic carbocycles.